The number of ether oxygens (including phenoxy) is 1. The number of Topliss-reactive ketones (excluding diaryl/α,β-unsaturated/α-hetero) is 1. The molecule has 2 aromatic heterocycles. The number of carbonyl (C=O) groups is 3. The Bertz CT molecular complexity index is 1720. The average molecular weight is 583 g/mol. The molecule has 0 spiro atoms. The summed E-state index contributed by atoms with van der Waals surface area (Å²) in [5.41, 5.74) is 19.8. The zero-order valence-electron chi connectivity index (χ0n) is 22.6. The summed E-state index contributed by atoms with van der Waals surface area (Å²) in [5.74, 6) is 0.0636. The van der Waals surface area contributed by atoms with E-state index in [0.717, 1.165) is 6.42 Å². The molecule has 8 N–H and O–H groups in total. The predicted octanol–water partition coefficient (Wildman–Crippen LogP) is 3.41. The molecule has 2 aliphatic carbocycles. The van der Waals surface area contributed by atoms with Crippen LogP contribution < -0.4 is 32.6 Å². The van der Waals surface area contributed by atoms with Gasteiger partial charge in [-0.3, -0.25) is 19.4 Å². The molecule has 1 saturated carbocycles. The molecular formula is C31H30N6O4S. The van der Waals surface area contributed by atoms with Crippen molar-refractivity contribution in [3.05, 3.63) is 95.1 Å². The van der Waals surface area contributed by atoms with Gasteiger partial charge in [0, 0.05) is 28.7 Å². The van der Waals surface area contributed by atoms with Crippen molar-refractivity contribution in [3.63, 3.8) is 0 Å². The lowest BCUT2D eigenvalue weighted by Crippen LogP contribution is -2.53. The number of nitrogen functional groups attached to an aromatic ring is 1. The van der Waals surface area contributed by atoms with Crippen molar-refractivity contribution in [1.29, 1.82) is 0 Å². The molecule has 2 amide bonds. The number of para-hydroxylation sites is 1. The van der Waals surface area contributed by atoms with Crippen LogP contribution in [0.1, 0.15) is 51.8 Å². The molecular weight excluding hydrogens is 552 g/mol. The smallest absolute Gasteiger partial charge is 0.261 e. The van der Waals surface area contributed by atoms with Gasteiger partial charge in [-0.1, -0.05) is 30.8 Å². The largest absolute Gasteiger partial charge is 0.456 e. The summed E-state index contributed by atoms with van der Waals surface area (Å²) in [5, 5.41) is 6.54. The van der Waals surface area contributed by atoms with Crippen LogP contribution in [0.5, 0.6) is 11.5 Å². The number of thiophene rings is 1. The SMILES string of the molecule is C=CC(=O)N[C@@H]1CC[C@H](NC(=O)c2sc3c(N)ccc4c3c2C(N)C(=O)C4(N)c2ccc(Oc3ccccc3)cn2)C1. The van der Waals surface area contributed by atoms with E-state index in [1.54, 1.807) is 24.3 Å². The molecule has 2 heterocycles. The van der Waals surface area contributed by atoms with Gasteiger partial charge < -0.3 is 32.6 Å². The Labute approximate surface area is 245 Å². The highest BCUT2D eigenvalue weighted by molar-refractivity contribution is 7.21. The number of carbonyl (C=O) groups excluding carboxylic acids is 3. The Hall–Kier alpha value is -4.58. The molecule has 1 fully saturated rings. The third kappa shape index (κ3) is 4.61. The summed E-state index contributed by atoms with van der Waals surface area (Å²) in [7, 11) is 0. The van der Waals surface area contributed by atoms with Crippen molar-refractivity contribution in [2.24, 2.45) is 11.5 Å². The van der Waals surface area contributed by atoms with Gasteiger partial charge in [0.05, 0.1) is 27.5 Å². The molecule has 11 heteroatoms. The van der Waals surface area contributed by atoms with Crippen molar-refractivity contribution in [1.82, 2.24) is 15.6 Å². The van der Waals surface area contributed by atoms with Gasteiger partial charge in [0.25, 0.3) is 5.91 Å². The second-order valence-electron chi connectivity index (χ2n) is 10.6. The maximum absolute atomic E-state index is 14.0. The number of nitrogens with zero attached hydrogens (tertiary/aromatic N) is 1. The zero-order chi connectivity index (χ0) is 29.6. The number of ketones is 1. The molecule has 2 unspecified atom stereocenters. The van der Waals surface area contributed by atoms with E-state index >= 15 is 0 Å². The average Bonchev–Trinajstić information content (AvgIpc) is 3.61. The number of aromatic nitrogens is 1. The van der Waals surface area contributed by atoms with E-state index in [9.17, 15) is 14.4 Å². The van der Waals surface area contributed by atoms with Gasteiger partial charge in [-0.25, -0.2) is 0 Å². The van der Waals surface area contributed by atoms with Crippen molar-refractivity contribution < 1.29 is 19.1 Å². The molecule has 4 aromatic rings. The summed E-state index contributed by atoms with van der Waals surface area (Å²) in [4.78, 5) is 44.1. The quantitative estimate of drug-likeness (QED) is 0.163. The van der Waals surface area contributed by atoms with Crippen molar-refractivity contribution in [3.8, 4) is 11.5 Å². The van der Waals surface area contributed by atoms with Gasteiger partial charge in [-0.2, -0.15) is 0 Å². The van der Waals surface area contributed by atoms with Crippen molar-refractivity contribution >= 4 is 44.7 Å². The second kappa shape index (κ2) is 10.7. The van der Waals surface area contributed by atoms with Crippen LogP contribution in [0.4, 0.5) is 5.69 Å². The molecule has 10 nitrogen and oxygen atoms in total. The van der Waals surface area contributed by atoms with Crippen LogP contribution in [0, 0.1) is 0 Å². The van der Waals surface area contributed by atoms with Crippen LogP contribution in [0.3, 0.4) is 0 Å². The van der Waals surface area contributed by atoms with Gasteiger partial charge in [0.2, 0.25) is 5.91 Å². The molecule has 42 heavy (non-hydrogen) atoms. The van der Waals surface area contributed by atoms with Gasteiger partial charge in [-0.05, 0) is 61.2 Å². The highest BCUT2D eigenvalue weighted by atomic mass is 32.1. The van der Waals surface area contributed by atoms with E-state index in [1.165, 1.54) is 23.6 Å². The van der Waals surface area contributed by atoms with Gasteiger partial charge in [-0.15, -0.1) is 11.3 Å². The minimum absolute atomic E-state index is 0.0533. The Kier molecular flexibility index (Phi) is 7.01. The van der Waals surface area contributed by atoms with E-state index in [1.807, 2.05) is 30.3 Å². The van der Waals surface area contributed by atoms with E-state index in [2.05, 4.69) is 22.2 Å². The van der Waals surface area contributed by atoms with Gasteiger partial charge in [0.1, 0.15) is 17.0 Å². The number of hydrogen-bond donors (Lipinski definition) is 5. The molecule has 0 saturated heterocycles. The monoisotopic (exact) mass is 582 g/mol. The number of benzene rings is 2. The number of nitrogens with one attached hydrogen (secondary N) is 2. The predicted molar refractivity (Wildman–Crippen MR) is 161 cm³/mol. The number of nitrogens with two attached hydrogens (primary N) is 3. The number of amides is 2. The van der Waals surface area contributed by atoms with Crippen LogP contribution in [0.25, 0.3) is 10.1 Å². The van der Waals surface area contributed by atoms with Crippen LogP contribution in [-0.4, -0.2) is 34.7 Å². The zero-order valence-corrected chi connectivity index (χ0v) is 23.4. The lowest BCUT2D eigenvalue weighted by atomic mass is 9.72. The first kappa shape index (κ1) is 27.6. The summed E-state index contributed by atoms with van der Waals surface area (Å²) in [6, 6.07) is 14.6. The van der Waals surface area contributed by atoms with Crippen molar-refractivity contribution in [2.45, 2.75) is 42.9 Å². The Morgan fingerprint density at radius 1 is 1.05 bits per heavy atom. The standard InChI is InChI=1S/C31H30N6O4S/c1-2-23(38)36-16-8-9-17(14-16)37-30(40)28-25-24-20(11-12-21(32)27(24)42-28)31(34,29(39)26(25)33)22-13-10-19(15-35-22)41-18-6-4-3-5-7-18/h2-7,10-13,15-17,26H,1,8-9,14,32-34H2,(H,36,38)(H,37,40)/t16-,17+,26?,31?/m1/s1. The molecule has 2 aromatic carbocycles. The van der Waals surface area contributed by atoms with E-state index in [4.69, 9.17) is 21.9 Å². The molecule has 214 valence electrons. The lowest BCUT2D eigenvalue weighted by Gasteiger charge is -2.35. The number of hydrogen-bond acceptors (Lipinski definition) is 9. The molecule has 6 rings (SSSR count). The minimum Gasteiger partial charge on any atom is -0.456 e. The second-order valence-corrected chi connectivity index (χ2v) is 11.6. The first-order valence-electron chi connectivity index (χ1n) is 13.6. The summed E-state index contributed by atoms with van der Waals surface area (Å²) in [6.45, 7) is 3.48. The van der Waals surface area contributed by atoms with E-state index in [-0.39, 0.29) is 23.9 Å². The first-order valence-corrected chi connectivity index (χ1v) is 14.4. The fraction of sp³-hybridized carbons (Fsp3) is 0.226. The summed E-state index contributed by atoms with van der Waals surface area (Å²) in [6.07, 6.45) is 4.77. The van der Waals surface area contributed by atoms with E-state index < -0.39 is 17.4 Å². The lowest BCUT2D eigenvalue weighted by molar-refractivity contribution is -0.124. The summed E-state index contributed by atoms with van der Waals surface area (Å²) >= 11 is 1.19. The maximum atomic E-state index is 14.0. The van der Waals surface area contributed by atoms with Gasteiger partial charge >= 0.3 is 0 Å². The van der Waals surface area contributed by atoms with Crippen molar-refractivity contribution in [2.75, 3.05) is 5.73 Å². The normalized spacial score (nSPS) is 23.0. The molecule has 0 bridgehead atoms. The highest BCUT2D eigenvalue weighted by Crippen LogP contribution is 2.49. The molecule has 0 radical (unpaired) electrons. The minimum atomic E-state index is -1.67. The number of anilines is 1. The van der Waals surface area contributed by atoms with E-state index in [0.29, 0.717) is 61.8 Å². The third-order valence-corrected chi connectivity index (χ3v) is 9.19. The fourth-order valence-corrected chi connectivity index (χ4v) is 7.07. The van der Waals surface area contributed by atoms with Gasteiger partial charge in [0.15, 0.2) is 5.78 Å². The molecule has 4 atom stereocenters. The fourth-order valence-electron chi connectivity index (χ4n) is 5.87. The number of pyridine rings is 1. The summed E-state index contributed by atoms with van der Waals surface area (Å²) < 4.78 is 6.49. The maximum Gasteiger partial charge on any atom is 0.261 e. The Morgan fingerprint density at radius 2 is 1.79 bits per heavy atom. The van der Waals surface area contributed by atoms with Crippen LogP contribution >= 0.6 is 11.3 Å². The van der Waals surface area contributed by atoms with Crippen LogP contribution in [0.2, 0.25) is 0 Å². The first-order chi connectivity index (χ1) is 20.2. The Balaban J connectivity index is 1.34. The third-order valence-electron chi connectivity index (χ3n) is 7.94. The van der Waals surface area contributed by atoms with Crippen LogP contribution in [-0.2, 0) is 15.1 Å². The number of rotatable bonds is 7. The highest BCUT2D eigenvalue weighted by Gasteiger charge is 2.49. The molecule has 2 aliphatic rings. The molecule has 0 aliphatic heterocycles. The topological polar surface area (TPSA) is 175 Å². The Morgan fingerprint density at radius 3 is 2.48 bits per heavy atom. The van der Waals surface area contributed by atoms with Crippen LogP contribution in [0.15, 0.2) is 73.4 Å².